The predicted octanol–water partition coefficient (Wildman–Crippen LogP) is 0.727. The van der Waals surface area contributed by atoms with Gasteiger partial charge in [0.05, 0.1) is 12.7 Å². The van der Waals surface area contributed by atoms with Gasteiger partial charge in [0.2, 0.25) is 0 Å². The van der Waals surface area contributed by atoms with Crippen LogP contribution in [-0.2, 0) is 14.3 Å². The summed E-state index contributed by atoms with van der Waals surface area (Å²) in [5.74, 6) is -0.492. The van der Waals surface area contributed by atoms with Crippen LogP contribution in [0.1, 0.15) is 20.3 Å². The summed E-state index contributed by atoms with van der Waals surface area (Å²) in [4.78, 5) is 10.0. The zero-order valence-corrected chi connectivity index (χ0v) is 6.29. The molecule has 0 unspecified atom stereocenters. The van der Waals surface area contributed by atoms with E-state index in [9.17, 15) is 4.79 Å². The lowest BCUT2D eigenvalue weighted by atomic mass is 10.3. The summed E-state index contributed by atoms with van der Waals surface area (Å²) in [6.45, 7) is 4.22. The van der Waals surface area contributed by atoms with Gasteiger partial charge < -0.3 is 14.3 Å². The summed E-state index contributed by atoms with van der Waals surface area (Å²) in [5.41, 5.74) is 0. The third kappa shape index (κ3) is 1.78. The average molecular weight is 144 g/mol. The highest BCUT2D eigenvalue weighted by Crippen LogP contribution is 2.23. The number of carbonyl (C=O) groups is 1. The molecular formula is C7H12O3. The Morgan fingerprint density at radius 1 is 1.70 bits per heavy atom. The second-order valence-electron chi connectivity index (χ2n) is 2.85. The van der Waals surface area contributed by atoms with Gasteiger partial charge in [0.15, 0.2) is 5.79 Å². The summed E-state index contributed by atoms with van der Waals surface area (Å²) in [5, 5.41) is 0. The van der Waals surface area contributed by atoms with Crippen LogP contribution in [0.4, 0.5) is 0 Å². The minimum Gasteiger partial charge on any atom is -0.348 e. The van der Waals surface area contributed by atoms with Gasteiger partial charge in [-0.2, -0.15) is 0 Å². The van der Waals surface area contributed by atoms with Crippen LogP contribution in [-0.4, -0.2) is 24.8 Å². The van der Waals surface area contributed by atoms with Crippen LogP contribution in [0.25, 0.3) is 0 Å². The first-order valence-corrected chi connectivity index (χ1v) is 3.39. The van der Waals surface area contributed by atoms with E-state index >= 15 is 0 Å². The molecule has 0 aliphatic carbocycles. The Labute approximate surface area is 60.3 Å². The third-order valence-corrected chi connectivity index (χ3v) is 1.43. The van der Waals surface area contributed by atoms with E-state index in [1.54, 1.807) is 0 Å². The first-order valence-electron chi connectivity index (χ1n) is 3.39. The fourth-order valence-corrected chi connectivity index (χ4v) is 0.987. The quantitative estimate of drug-likeness (QED) is 0.536. The van der Waals surface area contributed by atoms with Gasteiger partial charge >= 0.3 is 0 Å². The van der Waals surface area contributed by atoms with Gasteiger partial charge in [-0.25, -0.2) is 0 Å². The molecule has 1 aliphatic heterocycles. The topological polar surface area (TPSA) is 35.5 Å². The van der Waals surface area contributed by atoms with Crippen molar-refractivity contribution in [1.29, 1.82) is 0 Å². The number of aldehydes is 1. The molecule has 0 radical (unpaired) electrons. The van der Waals surface area contributed by atoms with Crippen LogP contribution in [0.3, 0.4) is 0 Å². The van der Waals surface area contributed by atoms with Crippen molar-refractivity contribution < 1.29 is 14.3 Å². The molecule has 1 rings (SSSR count). The highest BCUT2D eigenvalue weighted by Gasteiger charge is 2.31. The Morgan fingerprint density at radius 2 is 2.40 bits per heavy atom. The smallest absolute Gasteiger partial charge is 0.163 e. The molecule has 0 aromatic rings. The Balaban J connectivity index is 2.35. The minimum absolute atomic E-state index is 0.0347. The molecule has 0 N–H and O–H groups in total. The monoisotopic (exact) mass is 144 g/mol. The summed E-state index contributed by atoms with van der Waals surface area (Å²) in [6.07, 6.45) is 1.26. The van der Waals surface area contributed by atoms with Crippen LogP contribution in [0, 0.1) is 0 Å². The molecule has 1 saturated heterocycles. The van der Waals surface area contributed by atoms with Gasteiger partial charge in [0.25, 0.3) is 0 Å². The van der Waals surface area contributed by atoms with Gasteiger partial charge in [-0.05, 0) is 13.8 Å². The van der Waals surface area contributed by atoms with Gasteiger partial charge in [0.1, 0.15) is 6.29 Å². The number of carbonyl (C=O) groups excluding carboxylic acids is 1. The fraction of sp³-hybridized carbons (Fsp3) is 0.857. The lowest BCUT2D eigenvalue weighted by Crippen LogP contribution is -2.21. The molecule has 1 heterocycles. The third-order valence-electron chi connectivity index (χ3n) is 1.43. The molecule has 0 aromatic heterocycles. The Bertz CT molecular complexity index is 131. The Hall–Kier alpha value is -0.410. The summed E-state index contributed by atoms with van der Waals surface area (Å²) in [7, 11) is 0. The summed E-state index contributed by atoms with van der Waals surface area (Å²) in [6, 6.07) is 0. The van der Waals surface area contributed by atoms with Crippen molar-refractivity contribution >= 4 is 6.29 Å². The lowest BCUT2D eigenvalue weighted by molar-refractivity contribution is -0.140. The van der Waals surface area contributed by atoms with Crippen LogP contribution >= 0.6 is 0 Å². The van der Waals surface area contributed by atoms with Crippen LogP contribution in [0.5, 0.6) is 0 Å². The molecule has 0 amide bonds. The van der Waals surface area contributed by atoms with E-state index in [1.807, 2.05) is 13.8 Å². The molecule has 1 fully saturated rings. The maximum Gasteiger partial charge on any atom is 0.163 e. The Morgan fingerprint density at radius 3 is 2.80 bits per heavy atom. The molecule has 0 spiro atoms. The number of ether oxygens (including phenoxy) is 2. The van der Waals surface area contributed by atoms with Gasteiger partial charge in [-0.1, -0.05) is 0 Å². The van der Waals surface area contributed by atoms with E-state index in [4.69, 9.17) is 9.47 Å². The summed E-state index contributed by atoms with van der Waals surface area (Å²) >= 11 is 0. The average Bonchev–Trinajstić information content (AvgIpc) is 2.12. The van der Waals surface area contributed by atoms with E-state index in [2.05, 4.69) is 0 Å². The minimum atomic E-state index is -0.492. The number of hydrogen-bond acceptors (Lipinski definition) is 3. The molecular weight excluding hydrogens is 132 g/mol. The lowest BCUT2D eigenvalue weighted by Gasteiger charge is -2.15. The van der Waals surface area contributed by atoms with E-state index in [0.29, 0.717) is 13.0 Å². The van der Waals surface area contributed by atoms with E-state index in [-0.39, 0.29) is 6.10 Å². The molecule has 58 valence electrons. The molecule has 10 heavy (non-hydrogen) atoms. The van der Waals surface area contributed by atoms with Crippen molar-refractivity contribution in [2.24, 2.45) is 0 Å². The second kappa shape index (κ2) is 2.68. The highest BCUT2D eigenvalue weighted by atomic mass is 16.7. The first-order chi connectivity index (χ1) is 4.64. The maximum atomic E-state index is 10.0. The SMILES string of the molecule is CC1(C)OC[C@H](CC=O)O1. The van der Waals surface area contributed by atoms with Crippen molar-refractivity contribution in [3.63, 3.8) is 0 Å². The molecule has 3 heteroatoms. The maximum absolute atomic E-state index is 10.0. The zero-order valence-electron chi connectivity index (χ0n) is 6.29. The van der Waals surface area contributed by atoms with Crippen molar-refractivity contribution in [1.82, 2.24) is 0 Å². The number of hydrogen-bond donors (Lipinski definition) is 0. The summed E-state index contributed by atoms with van der Waals surface area (Å²) < 4.78 is 10.6. The van der Waals surface area contributed by atoms with E-state index in [1.165, 1.54) is 0 Å². The molecule has 1 aliphatic rings. The highest BCUT2D eigenvalue weighted by molar-refractivity contribution is 5.50. The molecule has 0 aromatic carbocycles. The molecule has 0 saturated carbocycles. The largest absolute Gasteiger partial charge is 0.348 e. The molecule has 1 atom stereocenters. The van der Waals surface area contributed by atoms with Crippen molar-refractivity contribution in [3.8, 4) is 0 Å². The molecule has 0 bridgehead atoms. The molecule has 3 nitrogen and oxygen atoms in total. The van der Waals surface area contributed by atoms with Crippen molar-refractivity contribution in [2.45, 2.75) is 32.2 Å². The van der Waals surface area contributed by atoms with Crippen LogP contribution in [0.2, 0.25) is 0 Å². The van der Waals surface area contributed by atoms with Crippen molar-refractivity contribution in [3.05, 3.63) is 0 Å². The van der Waals surface area contributed by atoms with Crippen LogP contribution in [0.15, 0.2) is 0 Å². The van der Waals surface area contributed by atoms with Gasteiger partial charge in [0, 0.05) is 6.42 Å². The first kappa shape index (κ1) is 7.69. The second-order valence-corrected chi connectivity index (χ2v) is 2.85. The van der Waals surface area contributed by atoms with Gasteiger partial charge in [-0.3, -0.25) is 0 Å². The standard InChI is InChI=1S/C7H12O3/c1-7(2)9-5-6(10-7)3-4-8/h4,6H,3,5H2,1-2H3/t6-/m0/s1. The fourth-order valence-electron chi connectivity index (χ4n) is 0.987. The Kier molecular flexibility index (Phi) is 2.06. The normalized spacial score (nSPS) is 30.4. The number of rotatable bonds is 2. The van der Waals surface area contributed by atoms with Crippen molar-refractivity contribution in [2.75, 3.05) is 6.61 Å². The van der Waals surface area contributed by atoms with E-state index in [0.717, 1.165) is 6.29 Å². The predicted molar refractivity (Wildman–Crippen MR) is 35.6 cm³/mol. The zero-order chi connectivity index (χ0) is 7.61. The van der Waals surface area contributed by atoms with Crippen LogP contribution < -0.4 is 0 Å². The van der Waals surface area contributed by atoms with Gasteiger partial charge in [-0.15, -0.1) is 0 Å². The van der Waals surface area contributed by atoms with E-state index < -0.39 is 5.79 Å².